The van der Waals surface area contributed by atoms with E-state index in [1.54, 1.807) is 7.05 Å². The molecule has 0 spiro atoms. The van der Waals surface area contributed by atoms with Gasteiger partial charge in [0.1, 0.15) is 0 Å². The zero-order chi connectivity index (χ0) is 13.1. The molecule has 1 rings (SSSR count). The Morgan fingerprint density at radius 3 is 2.24 bits per heavy atom. The molecule has 0 saturated carbocycles. The fourth-order valence-electron chi connectivity index (χ4n) is 1.43. The molecule has 0 heterocycles. The highest BCUT2D eigenvalue weighted by molar-refractivity contribution is 5.85. The van der Waals surface area contributed by atoms with Crippen LogP contribution in [0.5, 0.6) is 0 Å². The van der Waals surface area contributed by atoms with Crippen molar-refractivity contribution in [3.8, 4) is 0 Å². The largest absolute Gasteiger partial charge is 0.348 e. The van der Waals surface area contributed by atoms with E-state index >= 15 is 0 Å². The van der Waals surface area contributed by atoms with E-state index in [4.69, 9.17) is 0 Å². The summed E-state index contributed by atoms with van der Waals surface area (Å²) < 4.78 is 0. The maximum Gasteiger partial charge on any atom is 0.240 e. The highest BCUT2D eigenvalue weighted by atomic mass is 16.2. The molecule has 1 atom stereocenters. The molecule has 3 nitrogen and oxygen atoms in total. The Morgan fingerprint density at radius 1 is 1.24 bits per heavy atom. The second-order valence-electron chi connectivity index (χ2n) is 4.98. The number of aryl methyl sites for hydroxylation is 1. The lowest BCUT2D eigenvalue weighted by Gasteiger charge is -2.25. The molecule has 1 amide bonds. The summed E-state index contributed by atoms with van der Waals surface area (Å²) in [5.74, 6) is 0.00748. The van der Waals surface area contributed by atoms with E-state index in [1.807, 2.05) is 32.9 Å². The van der Waals surface area contributed by atoms with Gasteiger partial charge in [-0.05, 0) is 40.3 Å². The van der Waals surface area contributed by atoms with Crippen molar-refractivity contribution in [1.82, 2.24) is 10.6 Å². The number of carbonyl (C=O) groups excluding carboxylic acids is 1. The van der Waals surface area contributed by atoms with E-state index in [-0.39, 0.29) is 11.9 Å². The van der Waals surface area contributed by atoms with Crippen molar-refractivity contribution < 1.29 is 4.79 Å². The average molecular weight is 234 g/mol. The molecule has 0 aromatic heterocycles. The van der Waals surface area contributed by atoms with Crippen molar-refractivity contribution in [2.45, 2.75) is 39.3 Å². The van der Waals surface area contributed by atoms with Crippen LogP contribution in [-0.4, -0.2) is 18.5 Å². The molecule has 1 aromatic rings. The predicted octanol–water partition coefficient (Wildman–Crippen LogP) is 2.17. The van der Waals surface area contributed by atoms with Crippen molar-refractivity contribution in [2.75, 3.05) is 7.05 Å². The third-order valence-corrected chi connectivity index (χ3v) is 3.12. The molecule has 0 aliphatic heterocycles. The maximum atomic E-state index is 12.0. The summed E-state index contributed by atoms with van der Waals surface area (Å²) in [5.41, 5.74) is 1.80. The van der Waals surface area contributed by atoms with Crippen LogP contribution in [0.2, 0.25) is 0 Å². The summed E-state index contributed by atoms with van der Waals surface area (Å²) in [4.78, 5) is 12.0. The second kappa shape index (κ2) is 5.32. The molecule has 2 N–H and O–H groups in total. The molecule has 94 valence electrons. The number of amides is 1. The van der Waals surface area contributed by atoms with Gasteiger partial charge in [-0.15, -0.1) is 0 Å². The molecule has 0 radical (unpaired) electrons. The minimum Gasteiger partial charge on any atom is -0.348 e. The number of likely N-dealkylation sites (N-methyl/N-ethyl adjacent to an activating group) is 1. The van der Waals surface area contributed by atoms with Crippen LogP contribution in [-0.2, 0) is 4.79 Å². The van der Waals surface area contributed by atoms with Gasteiger partial charge < -0.3 is 10.6 Å². The Kier molecular flexibility index (Phi) is 4.29. The third kappa shape index (κ3) is 3.56. The zero-order valence-electron chi connectivity index (χ0n) is 11.3. The molecular weight excluding hydrogens is 212 g/mol. The number of carbonyl (C=O) groups is 1. The van der Waals surface area contributed by atoms with Gasteiger partial charge in [0.05, 0.1) is 11.6 Å². The Labute approximate surface area is 104 Å². The molecule has 0 aliphatic rings. The summed E-state index contributed by atoms with van der Waals surface area (Å²) in [5, 5.41) is 6.00. The first-order valence-electron chi connectivity index (χ1n) is 5.93. The maximum absolute atomic E-state index is 12.0. The lowest BCUT2D eigenvalue weighted by molar-refractivity contribution is -0.126. The number of hydrogen-bond donors (Lipinski definition) is 2. The van der Waals surface area contributed by atoms with Crippen molar-refractivity contribution >= 4 is 5.91 Å². The molecular formula is C14H22N2O. The molecule has 1 aromatic carbocycles. The topological polar surface area (TPSA) is 41.1 Å². The van der Waals surface area contributed by atoms with Gasteiger partial charge in [-0.25, -0.2) is 0 Å². The first kappa shape index (κ1) is 13.7. The van der Waals surface area contributed by atoms with Crippen LogP contribution in [0.25, 0.3) is 0 Å². The minimum absolute atomic E-state index is 0.00748. The number of nitrogens with one attached hydrogen (secondary N) is 2. The van der Waals surface area contributed by atoms with Gasteiger partial charge >= 0.3 is 0 Å². The molecule has 0 bridgehead atoms. The van der Waals surface area contributed by atoms with E-state index in [0.29, 0.717) is 0 Å². The van der Waals surface area contributed by atoms with Gasteiger partial charge in [-0.3, -0.25) is 4.79 Å². The smallest absolute Gasteiger partial charge is 0.240 e. The van der Waals surface area contributed by atoms with Crippen LogP contribution in [0.4, 0.5) is 0 Å². The summed E-state index contributed by atoms with van der Waals surface area (Å²) in [7, 11) is 1.79. The van der Waals surface area contributed by atoms with Crippen molar-refractivity contribution in [3.05, 3.63) is 35.4 Å². The van der Waals surface area contributed by atoms with E-state index in [1.165, 1.54) is 5.56 Å². The van der Waals surface area contributed by atoms with Gasteiger partial charge in [0.2, 0.25) is 5.91 Å². The average Bonchev–Trinajstić information content (AvgIpc) is 2.29. The molecule has 0 saturated heterocycles. The number of rotatable bonds is 4. The SMILES string of the molecule is CNC(C)(C)C(=O)N[C@H](C)c1ccc(C)cc1. The number of benzene rings is 1. The predicted molar refractivity (Wildman–Crippen MR) is 70.9 cm³/mol. The second-order valence-corrected chi connectivity index (χ2v) is 4.98. The fraction of sp³-hybridized carbons (Fsp3) is 0.500. The first-order chi connectivity index (χ1) is 7.86. The summed E-state index contributed by atoms with van der Waals surface area (Å²) in [6.45, 7) is 7.78. The summed E-state index contributed by atoms with van der Waals surface area (Å²) in [6, 6.07) is 8.23. The van der Waals surface area contributed by atoms with Crippen LogP contribution < -0.4 is 10.6 Å². The lowest BCUT2D eigenvalue weighted by Crippen LogP contribution is -2.51. The number of hydrogen-bond acceptors (Lipinski definition) is 2. The Balaban J connectivity index is 2.70. The van der Waals surface area contributed by atoms with Gasteiger partial charge in [-0.1, -0.05) is 29.8 Å². The van der Waals surface area contributed by atoms with E-state index < -0.39 is 5.54 Å². The van der Waals surface area contributed by atoms with Gasteiger partial charge in [0, 0.05) is 0 Å². The monoisotopic (exact) mass is 234 g/mol. The minimum atomic E-state index is -0.543. The standard InChI is InChI=1S/C14H22N2O/c1-10-6-8-12(9-7-10)11(2)16-13(17)14(3,4)15-5/h6-9,11,15H,1-5H3,(H,16,17)/t11-/m1/s1. The van der Waals surface area contributed by atoms with Gasteiger partial charge in [0.15, 0.2) is 0 Å². The molecule has 0 unspecified atom stereocenters. The van der Waals surface area contributed by atoms with Crippen molar-refractivity contribution in [1.29, 1.82) is 0 Å². The summed E-state index contributed by atoms with van der Waals surface area (Å²) in [6.07, 6.45) is 0. The van der Waals surface area contributed by atoms with E-state index in [9.17, 15) is 4.79 Å². The van der Waals surface area contributed by atoms with E-state index in [0.717, 1.165) is 5.56 Å². The normalized spacial score (nSPS) is 13.2. The first-order valence-corrected chi connectivity index (χ1v) is 5.93. The van der Waals surface area contributed by atoms with Crippen LogP contribution in [0.3, 0.4) is 0 Å². The van der Waals surface area contributed by atoms with Crippen molar-refractivity contribution in [3.63, 3.8) is 0 Å². The Morgan fingerprint density at radius 2 is 1.76 bits per heavy atom. The van der Waals surface area contributed by atoms with Gasteiger partial charge in [-0.2, -0.15) is 0 Å². The van der Waals surface area contributed by atoms with Crippen LogP contribution in [0, 0.1) is 6.92 Å². The Hall–Kier alpha value is -1.35. The van der Waals surface area contributed by atoms with E-state index in [2.05, 4.69) is 29.7 Å². The fourth-order valence-corrected chi connectivity index (χ4v) is 1.43. The highest BCUT2D eigenvalue weighted by Crippen LogP contribution is 2.14. The molecule has 17 heavy (non-hydrogen) atoms. The van der Waals surface area contributed by atoms with Crippen molar-refractivity contribution in [2.24, 2.45) is 0 Å². The molecule has 0 fully saturated rings. The lowest BCUT2D eigenvalue weighted by atomic mass is 10.0. The quantitative estimate of drug-likeness (QED) is 0.838. The van der Waals surface area contributed by atoms with Crippen LogP contribution >= 0.6 is 0 Å². The summed E-state index contributed by atoms with van der Waals surface area (Å²) >= 11 is 0. The van der Waals surface area contributed by atoms with Crippen LogP contribution in [0.1, 0.15) is 37.9 Å². The molecule has 3 heteroatoms. The Bertz CT molecular complexity index is 382. The zero-order valence-corrected chi connectivity index (χ0v) is 11.3. The third-order valence-electron chi connectivity index (χ3n) is 3.12. The molecule has 0 aliphatic carbocycles. The van der Waals surface area contributed by atoms with Gasteiger partial charge in [0.25, 0.3) is 0 Å². The highest BCUT2D eigenvalue weighted by Gasteiger charge is 2.26. The van der Waals surface area contributed by atoms with Crippen LogP contribution in [0.15, 0.2) is 24.3 Å².